The standard InChI is InChI=1S/C16H24N2OS/c1-2-5-13-16(19)18(10-9-12-6-3-7-12)15(17-13)14-8-4-11-20-14/h4,8,11-13,15,17H,2-3,5-7,9-10H2,1H3. The minimum atomic E-state index is 0.0218. The maximum Gasteiger partial charge on any atom is 0.241 e. The Hall–Kier alpha value is -0.870. The van der Waals surface area contributed by atoms with Crippen molar-refractivity contribution < 1.29 is 4.79 Å². The SMILES string of the molecule is CCCC1NC(c2cccs2)N(CCC2CCC2)C1=O. The number of thiophene rings is 1. The van der Waals surface area contributed by atoms with Crippen LogP contribution in [-0.4, -0.2) is 23.4 Å². The number of hydrogen-bond donors (Lipinski definition) is 1. The minimum absolute atomic E-state index is 0.0218. The van der Waals surface area contributed by atoms with Gasteiger partial charge in [-0.05, 0) is 30.2 Å². The summed E-state index contributed by atoms with van der Waals surface area (Å²) in [5, 5.41) is 5.64. The summed E-state index contributed by atoms with van der Waals surface area (Å²) in [5.41, 5.74) is 0. The van der Waals surface area contributed by atoms with E-state index >= 15 is 0 Å². The van der Waals surface area contributed by atoms with Gasteiger partial charge < -0.3 is 4.90 Å². The van der Waals surface area contributed by atoms with Gasteiger partial charge in [0.05, 0.1) is 6.04 Å². The lowest BCUT2D eigenvalue weighted by Crippen LogP contribution is -2.33. The van der Waals surface area contributed by atoms with Gasteiger partial charge in [0.25, 0.3) is 0 Å². The van der Waals surface area contributed by atoms with Gasteiger partial charge in [-0.15, -0.1) is 11.3 Å². The lowest BCUT2D eigenvalue weighted by molar-refractivity contribution is -0.130. The summed E-state index contributed by atoms with van der Waals surface area (Å²) >= 11 is 1.74. The zero-order valence-corrected chi connectivity index (χ0v) is 13.0. The number of hydrogen-bond acceptors (Lipinski definition) is 3. The summed E-state index contributed by atoms with van der Waals surface area (Å²) in [4.78, 5) is 15.9. The molecule has 1 saturated carbocycles. The predicted molar refractivity (Wildman–Crippen MR) is 82.6 cm³/mol. The quantitative estimate of drug-likeness (QED) is 0.870. The highest BCUT2D eigenvalue weighted by atomic mass is 32.1. The fraction of sp³-hybridized carbons (Fsp3) is 0.688. The highest BCUT2D eigenvalue weighted by molar-refractivity contribution is 7.10. The number of nitrogens with zero attached hydrogens (tertiary/aromatic N) is 1. The molecule has 0 aromatic carbocycles. The first-order chi connectivity index (χ1) is 9.79. The molecule has 2 unspecified atom stereocenters. The van der Waals surface area contributed by atoms with Crippen molar-refractivity contribution in [3.8, 4) is 0 Å². The van der Waals surface area contributed by atoms with Gasteiger partial charge in [0.2, 0.25) is 5.91 Å². The maximum atomic E-state index is 12.6. The summed E-state index contributed by atoms with van der Waals surface area (Å²) in [7, 11) is 0. The normalized spacial score (nSPS) is 27.1. The second-order valence-corrected chi connectivity index (χ2v) is 7.02. The lowest BCUT2D eigenvalue weighted by atomic mass is 9.83. The first-order valence-electron chi connectivity index (χ1n) is 7.89. The van der Waals surface area contributed by atoms with Gasteiger partial charge in [-0.25, -0.2) is 0 Å². The zero-order valence-electron chi connectivity index (χ0n) is 12.2. The molecule has 1 saturated heterocycles. The zero-order chi connectivity index (χ0) is 13.9. The van der Waals surface area contributed by atoms with Crippen LogP contribution in [0.5, 0.6) is 0 Å². The number of rotatable bonds is 6. The van der Waals surface area contributed by atoms with Crippen LogP contribution in [0.1, 0.15) is 56.5 Å². The predicted octanol–water partition coefficient (Wildman–Crippen LogP) is 3.54. The molecule has 1 aliphatic carbocycles. The minimum Gasteiger partial charge on any atom is -0.321 e. The van der Waals surface area contributed by atoms with E-state index in [1.807, 2.05) is 0 Å². The van der Waals surface area contributed by atoms with Gasteiger partial charge in [0.1, 0.15) is 6.17 Å². The molecule has 2 fully saturated rings. The molecule has 3 nitrogen and oxygen atoms in total. The highest BCUT2D eigenvalue weighted by Gasteiger charge is 2.39. The van der Waals surface area contributed by atoms with E-state index in [2.05, 4.69) is 34.7 Å². The Balaban J connectivity index is 1.69. The van der Waals surface area contributed by atoms with Crippen molar-refractivity contribution in [2.24, 2.45) is 5.92 Å². The first-order valence-corrected chi connectivity index (χ1v) is 8.77. The molecule has 1 aromatic rings. The van der Waals surface area contributed by atoms with Gasteiger partial charge >= 0.3 is 0 Å². The van der Waals surface area contributed by atoms with E-state index in [1.165, 1.54) is 30.6 Å². The molecule has 1 amide bonds. The third kappa shape index (κ3) is 2.77. The van der Waals surface area contributed by atoms with Crippen LogP contribution in [0.2, 0.25) is 0 Å². The van der Waals surface area contributed by atoms with Crippen LogP contribution in [0.25, 0.3) is 0 Å². The second kappa shape index (κ2) is 6.27. The number of nitrogens with one attached hydrogen (secondary N) is 1. The monoisotopic (exact) mass is 292 g/mol. The molecule has 0 radical (unpaired) electrons. The molecule has 4 heteroatoms. The molecular weight excluding hydrogens is 268 g/mol. The van der Waals surface area contributed by atoms with Crippen molar-refractivity contribution in [2.75, 3.05) is 6.54 Å². The van der Waals surface area contributed by atoms with Crippen molar-refractivity contribution in [2.45, 2.75) is 57.7 Å². The van der Waals surface area contributed by atoms with Crippen LogP contribution < -0.4 is 5.32 Å². The average Bonchev–Trinajstić information content (AvgIpc) is 2.99. The lowest BCUT2D eigenvalue weighted by Gasteiger charge is -2.29. The Labute approximate surface area is 125 Å². The fourth-order valence-electron chi connectivity index (χ4n) is 3.20. The van der Waals surface area contributed by atoms with E-state index in [9.17, 15) is 4.79 Å². The number of amides is 1. The van der Waals surface area contributed by atoms with Gasteiger partial charge in [-0.2, -0.15) is 0 Å². The van der Waals surface area contributed by atoms with Crippen molar-refractivity contribution in [1.29, 1.82) is 0 Å². The fourth-order valence-corrected chi connectivity index (χ4v) is 4.00. The van der Waals surface area contributed by atoms with E-state index in [0.29, 0.717) is 5.91 Å². The third-order valence-electron chi connectivity index (χ3n) is 4.64. The Morgan fingerprint density at radius 3 is 2.85 bits per heavy atom. The van der Waals surface area contributed by atoms with Crippen LogP contribution >= 0.6 is 11.3 Å². The van der Waals surface area contributed by atoms with E-state index < -0.39 is 0 Å². The average molecular weight is 292 g/mol. The van der Waals surface area contributed by atoms with Crippen molar-refractivity contribution >= 4 is 17.2 Å². The van der Waals surface area contributed by atoms with E-state index in [0.717, 1.165) is 25.3 Å². The Morgan fingerprint density at radius 1 is 1.40 bits per heavy atom. The summed E-state index contributed by atoms with van der Waals surface area (Å²) in [6.45, 7) is 3.06. The van der Waals surface area contributed by atoms with Crippen LogP contribution in [0, 0.1) is 5.92 Å². The molecular formula is C16H24N2OS. The Morgan fingerprint density at radius 2 is 2.25 bits per heavy atom. The second-order valence-electron chi connectivity index (χ2n) is 6.04. The van der Waals surface area contributed by atoms with E-state index in [4.69, 9.17) is 0 Å². The van der Waals surface area contributed by atoms with Crippen LogP contribution in [-0.2, 0) is 4.79 Å². The topological polar surface area (TPSA) is 32.3 Å². The van der Waals surface area contributed by atoms with Gasteiger partial charge in [0.15, 0.2) is 0 Å². The highest BCUT2D eigenvalue weighted by Crippen LogP contribution is 2.33. The largest absolute Gasteiger partial charge is 0.321 e. The molecule has 2 atom stereocenters. The smallest absolute Gasteiger partial charge is 0.241 e. The summed E-state index contributed by atoms with van der Waals surface area (Å²) in [6, 6.07) is 4.23. The molecule has 2 heterocycles. The van der Waals surface area contributed by atoms with E-state index in [-0.39, 0.29) is 12.2 Å². The Bertz CT molecular complexity index is 441. The van der Waals surface area contributed by atoms with Crippen molar-refractivity contribution in [3.63, 3.8) is 0 Å². The molecule has 0 bridgehead atoms. The molecule has 20 heavy (non-hydrogen) atoms. The molecule has 3 rings (SSSR count). The summed E-state index contributed by atoms with van der Waals surface area (Å²) in [5.74, 6) is 1.17. The van der Waals surface area contributed by atoms with Gasteiger partial charge in [0, 0.05) is 11.4 Å². The van der Waals surface area contributed by atoms with Gasteiger partial charge in [-0.1, -0.05) is 38.7 Å². The number of carbonyl (C=O) groups excluding carboxylic acids is 1. The molecule has 1 N–H and O–H groups in total. The van der Waals surface area contributed by atoms with Crippen LogP contribution in [0.3, 0.4) is 0 Å². The molecule has 2 aliphatic rings. The summed E-state index contributed by atoms with van der Waals surface area (Å²) in [6.07, 6.45) is 7.38. The molecule has 0 spiro atoms. The van der Waals surface area contributed by atoms with Gasteiger partial charge in [-0.3, -0.25) is 10.1 Å². The van der Waals surface area contributed by atoms with Crippen molar-refractivity contribution in [3.05, 3.63) is 22.4 Å². The first kappa shape index (κ1) is 14.1. The summed E-state index contributed by atoms with van der Waals surface area (Å²) < 4.78 is 0. The molecule has 110 valence electrons. The number of carbonyl (C=O) groups is 1. The third-order valence-corrected chi connectivity index (χ3v) is 5.57. The van der Waals surface area contributed by atoms with E-state index in [1.54, 1.807) is 11.3 Å². The maximum absolute atomic E-state index is 12.6. The molecule has 1 aliphatic heterocycles. The van der Waals surface area contributed by atoms with Crippen LogP contribution in [0.4, 0.5) is 0 Å². The van der Waals surface area contributed by atoms with Crippen LogP contribution in [0.15, 0.2) is 17.5 Å². The molecule has 1 aromatic heterocycles. The Kier molecular flexibility index (Phi) is 4.41. The van der Waals surface area contributed by atoms with Crippen molar-refractivity contribution in [1.82, 2.24) is 10.2 Å².